The second kappa shape index (κ2) is 6.80. The van der Waals surface area contributed by atoms with Crippen LogP contribution in [-0.4, -0.2) is 14.2 Å². The number of hydrogen-bond donors (Lipinski definition) is 2. The Labute approximate surface area is 129 Å². The van der Waals surface area contributed by atoms with Crippen LogP contribution in [0.5, 0.6) is 11.5 Å². The Morgan fingerprint density at radius 2 is 1.81 bits per heavy atom. The maximum absolute atomic E-state index is 6.11. The molecule has 0 saturated heterocycles. The summed E-state index contributed by atoms with van der Waals surface area (Å²) in [6, 6.07) is 11.2. The van der Waals surface area contributed by atoms with Crippen LogP contribution in [0.3, 0.4) is 0 Å². The van der Waals surface area contributed by atoms with Crippen LogP contribution in [0, 0.1) is 6.92 Å². The molecule has 1 unspecified atom stereocenters. The topological polar surface area (TPSA) is 56.5 Å². The molecule has 0 bridgehead atoms. The molecule has 5 heteroatoms. The van der Waals surface area contributed by atoms with Crippen molar-refractivity contribution < 1.29 is 9.47 Å². The van der Waals surface area contributed by atoms with E-state index in [1.165, 1.54) is 0 Å². The summed E-state index contributed by atoms with van der Waals surface area (Å²) in [5.74, 6) is 7.21. The molecule has 2 aromatic rings. The van der Waals surface area contributed by atoms with E-state index in [2.05, 4.69) is 5.43 Å². The SMILES string of the molecule is COc1ccc(C(NN)c2cc(Cl)ccc2C)c(OC)c1. The van der Waals surface area contributed by atoms with Gasteiger partial charge in [0, 0.05) is 16.7 Å². The predicted molar refractivity (Wildman–Crippen MR) is 84.9 cm³/mol. The summed E-state index contributed by atoms with van der Waals surface area (Å²) in [5.41, 5.74) is 5.86. The van der Waals surface area contributed by atoms with Crippen LogP contribution in [-0.2, 0) is 0 Å². The number of methoxy groups -OCH3 is 2. The summed E-state index contributed by atoms with van der Waals surface area (Å²) in [6.07, 6.45) is 0. The minimum absolute atomic E-state index is 0.218. The van der Waals surface area contributed by atoms with Gasteiger partial charge in [-0.3, -0.25) is 5.84 Å². The molecule has 0 aliphatic carbocycles. The Morgan fingerprint density at radius 3 is 2.43 bits per heavy atom. The second-order valence-electron chi connectivity index (χ2n) is 4.71. The van der Waals surface area contributed by atoms with Gasteiger partial charge in [-0.15, -0.1) is 0 Å². The van der Waals surface area contributed by atoms with Crippen molar-refractivity contribution in [3.05, 3.63) is 58.1 Å². The lowest BCUT2D eigenvalue weighted by Crippen LogP contribution is -2.29. The minimum Gasteiger partial charge on any atom is -0.497 e. The third-order valence-corrected chi connectivity index (χ3v) is 3.71. The lowest BCUT2D eigenvalue weighted by molar-refractivity contribution is 0.387. The molecule has 112 valence electrons. The van der Waals surface area contributed by atoms with E-state index in [9.17, 15) is 0 Å². The number of rotatable bonds is 5. The summed E-state index contributed by atoms with van der Waals surface area (Å²) >= 11 is 6.11. The van der Waals surface area contributed by atoms with Gasteiger partial charge in [0.1, 0.15) is 11.5 Å². The first-order valence-corrected chi connectivity index (χ1v) is 6.92. The molecule has 21 heavy (non-hydrogen) atoms. The van der Waals surface area contributed by atoms with E-state index in [1.807, 2.05) is 43.3 Å². The number of nitrogens with two attached hydrogens (primary N) is 1. The van der Waals surface area contributed by atoms with E-state index < -0.39 is 0 Å². The molecule has 0 saturated carbocycles. The first-order chi connectivity index (χ1) is 10.1. The third-order valence-electron chi connectivity index (χ3n) is 3.47. The number of aryl methyl sites for hydroxylation is 1. The van der Waals surface area contributed by atoms with Crippen LogP contribution in [0.15, 0.2) is 36.4 Å². The summed E-state index contributed by atoms with van der Waals surface area (Å²) < 4.78 is 10.7. The van der Waals surface area contributed by atoms with E-state index in [0.717, 1.165) is 22.4 Å². The predicted octanol–water partition coefficient (Wildman–Crippen LogP) is 3.22. The highest BCUT2D eigenvalue weighted by Gasteiger charge is 2.19. The van der Waals surface area contributed by atoms with Crippen molar-refractivity contribution in [1.29, 1.82) is 0 Å². The number of hydrazine groups is 1. The Bertz CT molecular complexity index is 632. The number of hydrogen-bond acceptors (Lipinski definition) is 4. The van der Waals surface area contributed by atoms with Crippen LogP contribution in [0.2, 0.25) is 5.02 Å². The van der Waals surface area contributed by atoms with Crippen molar-refractivity contribution in [1.82, 2.24) is 5.43 Å². The lowest BCUT2D eigenvalue weighted by atomic mass is 9.94. The molecule has 0 spiro atoms. The number of benzene rings is 2. The van der Waals surface area contributed by atoms with Gasteiger partial charge in [-0.25, -0.2) is 5.43 Å². The van der Waals surface area contributed by atoms with Gasteiger partial charge in [0.15, 0.2) is 0 Å². The molecular weight excluding hydrogens is 288 g/mol. The molecule has 2 rings (SSSR count). The van der Waals surface area contributed by atoms with Gasteiger partial charge in [-0.2, -0.15) is 0 Å². The van der Waals surface area contributed by atoms with Crippen LogP contribution >= 0.6 is 11.6 Å². The van der Waals surface area contributed by atoms with Gasteiger partial charge in [-0.1, -0.05) is 17.7 Å². The normalized spacial score (nSPS) is 12.0. The van der Waals surface area contributed by atoms with E-state index in [0.29, 0.717) is 10.8 Å². The van der Waals surface area contributed by atoms with Crippen molar-refractivity contribution in [2.24, 2.45) is 5.84 Å². The van der Waals surface area contributed by atoms with Crippen molar-refractivity contribution >= 4 is 11.6 Å². The Balaban J connectivity index is 2.53. The van der Waals surface area contributed by atoms with E-state index in [1.54, 1.807) is 14.2 Å². The van der Waals surface area contributed by atoms with Gasteiger partial charge < -0.3 is 9.47 Å². The van der Waals surface area contributed by atoms with Crippen molar-refractivity contribution in [3.63, 3.8) is 0 Å². The average molecular weight is 307 g/mol. The van der Waals surface area contributed by atoms with Gasteiger partial charge in [0.2, 0.25) is 0 Å². The largest absolute Gasteiger partial charge is 0.497 e. The van der Waals surface area contributed by atoms with E-state index in [4.69, 9.17) is 26.9 Å². The molecule has 3 N–H and O–H groups in total. The fourth-order valence-corrected chi connectivity index (χ4v) is 2.51. The zero-order valence-corrected chi connectivity index (χ0v) is 13.1. The number of halogens is 1. The summed E-state index contributed by atoms with van der Waals surface area (Å²) in [7, 11) is 3.24. The molecule has 0 fully saturated rings. The number of ether oxygens (including phenoxy) is 2. The van der Waals surface area contributed by atoms with Gasteiger partial charge >= 0.3 is 0 Å². The fourth-order valence-electron chi connectivity index (χ4n) is 2.33. The molecule has 2 aromatic carbocycles. The molecule has 0 aromatic heterocycles. The first kappa shape index (κ1) is 15.6. The average Bonchev–Trinajstić information content (AvgIpc) is 2.51. The Morgan fingerprint density at radius 1 is 1.05 bits per heavy atom. The highest BCUT2D eigenvalue weighted by atomic mass is 35.5. The standard InChI is InChI=1S/C16H19ClN2O2/c1-10-4-5-11(17)8-14(10)16(19-18)13-7-6-12(20-2)9-15(13)21-3/h4-9,16,19H,18H2,1-3H3. The fraction of sp³-hybridized carbons (Fsp3) is 0.250. The lowest BCUT2D eigenvalue weighted by Gasteiger charge is -2.22. The minimum atomic E-state index is -0.218. The highest BCUT2D eigenvalue weighted by molar-refractivity contribution is 6.30. The summed E-state index contributed by atoms with van der Waals surface area (Å²) in [4.78, 5) is 0. The molecule has 0 amide bonds. The summed E-state index contributed by atoms with van der Waals surface area (Å²) in [5, 5.41) is 0.670. The third kappa shape index (κ3) is 3.29. The molecule has 4 nitrogen and oxygen atoms in total. The molecule has 0 aliphatic rings. The second-order valence-corrected chi connectivity index (χ2v) is 5.14. The van der Waals surface area contributed by atoms with Crippen LogP contribution < -0.4 is 20.7 Å². The zero-order chi connectivity index (χ0) is 15.4. The molecule has 0 aliphatic heterocycles. The quantitative estimate of drug-likeness (QED) is 0.658. The Kier molecular flexibility index (Phi) is 5.07. The van der Waals surface area contributed by atoms with E-state index >= 15 is 0 Å². The van der Waals surface area contributed by atoms with Gasteiger partial charge in [0.05, 0.1) is 20.3 Å². The van der Waals surface area contributed by atoms with Crippen molar-refractivity contribution in [2.75, 3.05) is 14.2 Å². The maximum Gasteiger partial charge on any atom is 0.127 e. The molecule has 0 radical (unpaired) electrons. The summed E-state index contributed by atoms with van der Waals surface area (Å²) in [6.45, 7) is 2.02. The number of nitrogens with one attached hydrogen (secondary N) is 1. The monoisotopic (exact) mass is 306 g/mol. The van der Waals surface area contributed by atoms with Gasteiger partial charge in [-0.05, 0) is 42.3 Å². The highest BCUT2D eigenvalue weighted by Crippen LogP contribution is 2.34. The van der Waals surface area contributed by atoms with Crippen molar-refractivity contribution in [2.45, 2.75) is 13.0 Å². The van der Waals surface area contributed by atoms with E-state index in [-0.39, 0.29) is 6.04 Å². The maximum atomic E-state index is 6.11. The zero-order valence-electron chi connectivity index (χ0n) is 12.3. The smallest absolute Gasteiger partial charge is 0.127 e. The van der Waals surface area contributed by atoms with Crippen LogP contribution in [0.1, 0.15) is 22.7 Å². The molecule has 0 heterocycles. The Hall–Kier alpha value is -1.75. The van der Waals surface area contributed by atoms with Crippen LogP contribution in [0.4, 0.5) is 0 Å². The van der Waals surface area contributed by atoms with Crippen LogP contribution in [0.25, 0.3) is 0 Å². The van der Waals surface area contributed by atoms with Crippen molar-refractivity contribution in [3.8, 4) is 11.5 Å². The molecular formula is C16H19ClN2O2. The molecule has 1 atom stereocenters. The van der Waals surface area contributed by atoms with Gasteiger partial charge in [0.25, 0.3) is 0 Å². The first-order valence-electron chi connectivity index (χ1n) is 6.54.